The maximum Gasteiger partial charge on any atom is 0.405 e. The number of hydrogen-bond acceptors (Lipinski definition) is 4. The number of methoxy groups -OCH3 is 1. The Balaban J connectivity index is 0. The van der Waals surface area contributed by atoms with Crippen molar-refractivity contribution in [2.45, 2.75) is 39.3 Å². The van der Waals surface area contributed by atoms with E-state index in [1.807, 2.05) is 0 Å². The first-order chi connectivity index (χ1) is 6.80. The summed E-state index contributed by atoms with van der Waals surface area (Å²) in [6.07, 6.45) is 0.881. The number of ether oxygens (including phenoxy) is 2. The van der Waals surface area contributed by atoms with Gasteiger partial charge in [0.25, 0.3) is 5.97 Å². The number of hydrogen-bond donors (Lipinski definition) is 1. The molecule has 1 amide bonds. The molecule has 0 aliphatic heterocycles. The summed E-state index contributed by atoms with van der Waals surface area (Å²) in [7, 11) is 1.26. The molecule has 90 valence electrons. The number of esters is 1. The van der Waals surface area contributed by atoms with E-state index < -0.39 is 23.7 Å². The Morgan fingerprint density at radius 2 is 1.81 bits per heavy atom. The molecule has 0 unspecified atom stereocenters. The third kappa shape index (κ3) is 7.63. The summed E-state index contributed by atoms with van der Waals surface area (Å²) in [6, 6.07) is -0.773. The summed E-state index contributed by atoms with van der Waals surface area (Å²) in [5.41, 5.74) is -0.585. The monoisotopic (exact) mass is 280 g/mol. The van der Waals surface area contributed by atoms with Gasteiger partial charge in [-0.15, -0.1) is 0 Å². The van der Waals surface area contributed by atoms with Crippen molar-refractivity contribution in [3.63, 3.8) is 0 Å². The number of nitrogens with one attached hydrogen (secondary N) is 1. The molecule has 0 saturated carbocycles. The Morgan fingerprint density at radius 3 is 2.12 bits per heavy atom. The topological polar surface area (TPSA) is 64.6 Å². The molecule has 0 heterocycles. The second kappa shape index (κ2) is 7.61. The summed E-state index contributed by atoms with van der Waals surface area (Å²) in [5.74, 6) is -0.525. The third-order valence-corrected chi connectivity index (χ3v) is 1.46. The summed E-state index contributed by atoms with van der Waals surface area (Å²) >= 11 is 0. The minimum absolute atomic E-state index is 0. The molecule has 0 radical (unpaired) electrons. The molecule has 0 bridgehead atoms. The number of rotatable bonds is 3. The van der Waals surface area contributed by atoms with E-state index in [0.29, 0.717) is 0 Å². The van der Waals surface area contributed by atoms with Crippen molar-refractivity contribution >= 4 is 12.1 Å². The van der Waals surface area contributed by atoms with Gasteiger partial charge < -0.3 is 14.8 Å². The van der Waals surface area contributed by atoms with Gasteiger partial charge in [-0.1, -0.05) is 0 Å². The molecule has 0 rings (SSSR count). The van der Waals surface area contributed by atoms with Crippen LogP contribution in [0, 0.1) is 6.42 Å². The van der Waals surface area contributed by atoms with Gasteiger partial charge in [-0.25, -0.2) is 4.79 Å². The van der Waals surface area contributed by atoms with Gasteiger partial charge >= 0.3 is 6.09 Å². The molecule has 1 atom stereocenters. The third-order valence-electron chi connectivity index (χ3n) is 1.46. The molecule has 0 spiro atoms. The number of carbonyl (C=O) groups is 2. The molecule has 0 saturated heterocycles. The van der Waals surface area contributed by atoms with Gasteiger partial charge in [-0.05, 0) is 20.8 Å². The van der Waals surface area contributed by atoms with Crippen LogP contribution in [0.1, 0.15) is 27.7 Å². The van der Waals surface area contributed by atoms with E-state index >= 15 is 0 Å². The molecule has 0 aliphatic rings. The van der Waals surface area contributed by atoms with Crippen molar-refractivity contribution in [3.05, 3.63) is 6.42 Å². The predicted molar refractivity (Wildman–Crippen MR) is 55.1 cm³/mol. The van der Waals surface area contributed by atoms with E-state index in [0.717, 1.165) is 0 Å². The first kappa shape index (κ1) is 17.7. The molecule has 6 heteroatoms. The first-order valence-electron chi connectivity index (χ1n) is 4.67. The van der Waals surface area contributed by atoms with E-state index in [2.05, 4.69) is 10.1 Å². The van der Waals surface area contributed by atoms with Crippen LogP contribution in [0.3, 0.4) is 0 Å². The predicted octanol–water partition coefficient (Wildman–Crippen LogP) is 1.27. The Bertz CT molecular complexity index is 237. The zero-order chi connectivity index (χ0) is 12.1. The van der Waals surface area contributed by atoms with Crippen LogP contribution in [-0.4, -0.2) is 30.8 Å². The quantitative estimate of drug-likeness (QED) is 0.481. The minimum atomic E-state index is -0.773. The van der Waals surface area contributed by atoms with E-state index in [9.17, 15) is 9.59 Å². The van der Waals surface area contributed by atoms with Gasteiger partial charge in [-0.3, -0.25) is 11.2 Å². The molecule has 0 aromatic heterocycles. The largest absolute Gasteiger partial charge is 0.469 e. The van der Waals surface area contributed by atoms with Crippen LogP contribution in [0.25, 0.3) is 0 Å². The van der Waals surface area contributed by atoms with Gasteiger partial charge in [0, 0.05) is 25.5 Å². The first-order valence-corrected chi connectivity index (χ1v) is 4.67. The normalized spacial score (nSPS) is 12.1. The van der Waals surface area contributed by atoms with Gasteiger partial charge in [-0.2, -0.15) is 6.92 Å². The zero-order valence-corrected chi connectivity index (χ0v) is 13.5. The summed E-state index contributed by atoms with van der Waals surface area (Å²) in [5, 5.41) is 2.38. The van der Waals surface area contributed by atoms with Gasteiger partial charge in [0.15, 0.2) is 0 Å². The van der Waals surface area contributed by atoms with Crippen molar-refractivity contribution in [1.82, 2.24) is 5.32 Å². The molecular weight excluding hydrogens is 264 g/mol. The fourth-order valence-electron chi connectivity index (χ4n) is 0.840. The molecular formula is C10H18NO4Zn-. The second-order valence-electron chi connectivity index (χ2n) is 3.98. The van der Waals surface area contributed by atoms with Crippen LogP contribution in [0.4, 0.5) is 4.79 Å². The summed E-state index contributed by atoms with van der Waals surface area (Å²) < 4.78 is 9.48. The molecule has 16 heavy (non-hydrogen) atoms. The number of amides is 1. The Morgan fingerprint density at radius 1 is 1.31 bits per heavy atom. The standard InChI is InChI=1S/C10H18NO4.Zn/c1-6-7(8(12)14-5)11-9(13)15-10(2,3)4;/h6-7H,1-5H3,(H,11,13);/q-1;/t7-;/m0./s1. The second-order valence-corrected chi connectivity index (χ2v) is 3.98. The number of alkyl carbamates (subject to hydrolysis) is 1. The van der Waals surface area contributed by atoms with Crippen LogP contribution < -0.4 is 5.32 Å². The molecule has 0 aromatic carbocycles. The fourth-order valence-corrected chi connectivity index (χ4v) is 0.840. The van der Waals surface area contributed by atoms with Gasteiger partial charge in [0.1, 0.15) is 5.60 Å². The Labute approximate surface area is 109 Å². The average molecular weight is 282 g/mol. The van der Waals surface area contributed by atoms with Crippen molar-refractivity contribution in [3.8, 4) is 0 Å². The van der Waals surface area contributed by atoms with E-state index in [1.165, 1.54) is 13.5 Å². The summed E-state index contributed by atoms with van der Waals surface area (Å²) in [6.45, 7) is 6.89. The molecule has 0 fully saturated rings. The molecule has 5 nitrogen and oxygen atoms in total. The van der Waals surface area contributed by atoms with Crippen LogP contribution in [0.2, 0.25) is 0 Å². The smallest absolute Gasteiger partial charge is 0.405 e. The fraction of sp³-hybridized carbons (Fsp3) is 0.700. The van der Waals surface area contributed by atoms with Gasteiger partial charge in [0.2, 0.25) is 0 Å². The van der Waals surface area contributed by atoms with Crippen molar-refractivity contribution in [2.75, 3.05) is 7.11 Å². The SMILES string of the molecule is C[CH-][C@H](NC(=O)OC(C)(C)C)C(=O)OC.[Zn]. The summed E-state index contributed by atoms with van der Waals surface area (Å²) in [4.78, 5) is 22.4. The van der Waals surface area contributed by atoms with Gasteiger partial charge in [0.05, 0.1) is 7.11 Å². The number of carbonyl (C=O) groups excluding carboxylic acids is 2. The Kier molecular flexibility index (Phi) is 8.44. The van der Waals surface area contributed by atoms with Crippen LogP contribution in [-0.2, 0) is 33.7 Å². The van der Waals surface area contributed by atoms with Crippen LogP contribution in [0.5, 0.6) is 0 Å². The van der Waals surface area contributed by atoms with E-state index in [4.69, 9.17) is 4.74 Å². The maximum absolute atomic E-state index is 11.3. The van der Waals surface area contributed by atoms with E-state index in [-0.39, 0.29) is 19.5 Å². The molecule has 1 N–H and O–H groups in total. The maximum atomic E-state index is 11.3. The van der Waals surface area contributed by atoms with E-state index in [1.54, 1.807) is 27.7 Å². The molecule has 0 aliphatic carbocycles. The average Bonchev–Trinajstić information content (AvgIpc) is 2.10. The minimum Gasteiger partial charge on any atom is -0.469 e. The van der Waals surface area contributed by atoms with Crippen molar-refractivity contribution < 1.29 is 38.5 Å². The molecule has 0 aromatic rings. The zero-order valence-electron chi connectivity index (χ0n) is 10.5. The van der Waals surface area contributed by atoms with Crippen LogP contribution in [0.15, 0.2) is 0 Å². The van der Waals surface area contributed by atoms with Crippen molar-refractivity contribution in [1.29, 1.82) is 0 Å². The Hall–Kier alpha value is -0.637. The van der Waals surface area contributed by atoms with Crippen molar-refractivity contribution in [2.24, 2.45) is 0 Å². The van der Waals surface area contributed by atoms with Crippen LogP contribution >= 0.6 is 0 Å².